The summed E-state index contributed by atoms with van der Waals surface area (Å²) in [6.07, 6.45) is -3.15. The first kappa shape index (κ1) is 20.8. The van der Waals surface area contributed by atoms with Crippen molar-refractivity contribution < 1.29 is 31.2 Å². The third-order valence-corrected chi connectivity index (χ3v) is 5.90. The number of anilines is 2. The Labute approximate surface area is 178 Å². The average molecular weight is 458 g/mol. The maximum absolute atomic E-state index is 13.2. The molecule has 8 nitrogen and oxygen atoms in total. The van der Waals surface area contributed by atoms with Crippen LogP contribution in [0.5, 0.6) is 5.75 Å². The smallest absolute Gasteiger partial charge is 0.456 e. The van der Waals surface area contributed by atoms with E-state index in [4.69, 9.17) is 9.26 Å². The Morgan fingerprint density at radius 3 is 2.62 bits per heavy atom. The number of pyridine rings is 1. The normalized spacial score (nSPS) is 23.3. The Morgan fingerprint density at radius 2 is 1.97 bits per heavy atom. The third-order valence-electron chi connectivity index (χ3n) is 5.90. The van der Waals surface area contributed by atoms with Gasteiger partial charge < -0.3 is 19.5 Å². The maximum atomic E-state index is 13.2. The largest absolute Gasteiger partial charge is 0.483 e. The minimum Gasteiger partial charge on any atom is -0.483 e. The van der Waals surface area contributed by atoms with Gasteiger partial charge in [-0.05, 0) is 37.3 Å². The lowest BCUT2D eigenvalue weighted by molar-refractivity contribution is -0.289. The highest BCUT2D eigenvalue weighted by atomic mass is 19.4. The molecule has 2 saturated heterocycles. The Kier molecular flexibility index (Phi) is 4.67. The van der Waals surface area contributed by atoms with E-state index in [-0.39, 0.29) is 23.4 Å². The molecule has 1 aliphatic carbocycles. The molecule has 0 spiro atoms. The van der Waals surface area contributed by atoms with E-state index in [1.54, 1.807) is 0 Å². The molecule has 0 amide bonds. The van der Waals surface area contributed by atoms with Crippen LogP contribution >= 0.6 is 0 Å². The molecule has 1 N–H and O–H groups in total. The highest BCUT2D eigenvalue weighted by Gasteiger charge is 2.58. The topological polar surface area (TPSA) is 80.7 Å². The standard InChI is InChI=1S/C19H19F5N6O2/c1-10-5-14(32-28-10)29-7-11-6-12(8-29)15(11)25-17-26-16-13(3-2-4-30(16)27-17)31-9-18(20,21)19(22,23)24/h2-5,11-12,15H,6-9H2,1H3,(H,25,27)/t11-,12+,15?. The molecule has 0 aromatic carbocycles. The van der Waals surface area contributed by atoms with E-state index in [1.165, 1.54) is 22.8 Å². The Balaban J connectivity index is 1.27. The van der Waals surface area contributed by atoms with Gasteiger partial charge in [-0.25, -0.2) is 4.52 Å². The summed E-state index contributed by atoms with van der Waals surface area (Å²) in [5.41, 5.74) is 0.866. The fraction of sp³-hybridized carbons (Fsp3) is 0.526. The zero-order valence-corrected chi connectivity index (χ0v) is 16.8. The van der Waals surface area contributed by atoms with Crippen molar-refractivity contribution in [3.63, 3.8) is 0 Å². The van der Waals surface area contributed by atoms with Gasteiger partial charge in [0.25, 0.3) is 0 Å². The van der Waals surface area contributed by atoms with Crippen molar-refractivity contribution in [2.75, 3.05) is 29.9 Å². The van der Waals surface area contributed by atoms with Gasteiger partial charge in [-0.15, -0.1) is 5.10 Å². The molecule has 5 heterocycles. The van der Waals surface area contributed by atoms with Crippen molar-refractivity contribution in [1.82, 2.24) is 19.8 Å². The van der Waals surface area contributed by atoms with Gasteiger partial charge in [0.2, 0.25) is 11.8 Å². The Bertz CT molecular complexity index is 1120. The van der Waals surface area contributed by atoms with Gasteiger partial charge in [0.15, 0.2) is 18.0 Å². The highest BCUT2D eigenvalue weighted by Crippen LogP contribution is 2.43. The fourth-order valence-corrected chi connectivity index (χ4v) is 4.26. The lowest BCUT2D eigenvalue weighted by Crippen LogP contribution is -2.61. The second-order valence-corrected chi connectivity index (χ2v) is 8.20. The summed E-state index contributed by atoms with van der Waals surface area (Å²) < 4.78 is 75.0. The first-order valence-electron chi connectivity index (χ1n) is 9.98. The van der Waals surface area contributed by atoms with Crippen LogP contribution in [-0.2, 0) is 0 Å². The Morgan fingerprint density at radius 1 is 1.22 bits per heavy atom. The summed E-state index contributed by atoms with van der Waals surface area (Å²) in [6, 6.07) is 4.71. The van der Waals surface area contributed by atoms with Crippen LogP contribution in [0.4, 0.5) is 33.8 Å². The Hall–Kier alpha value is -3.12. The number of aromatic nitrogens is 4. The molecule has 1 unspecified atom stereocenters. The molecule has 3 aliphatic rings. The van der Waals surface area contributed by atoms with Crippen LogP contribution in [0.15, 0.2) is 28.9 Å². The minimum atomic E-state index is -5.70. The number of nitrogens with one attached hydrogen (secondary N) is 1. The number of fused-ring (bicyclic) bond motifs is 3. The van der Waals surface area contributed by atoms with Gasteiger partial charge in [-0.2, -0.15) is 26.9 Å². The zero-order chi connectivity index (χ0) is 22.7. The molecule has 3 atom stereocenters. The van der Waals surface area contributed by atoms with E-state index < -0.39 is 18.7 Å². The van der Waals surface area contributed by atoms with E-state index in [0.29, 0.717) is 11.8 Å². The lowest BCUT2D eigenvalue weighted by atomic mass is 9.66. The average Bonchev–Trinajstić information content (AvgIpc) is 3.36. The highest BCUT2D eigenvalue weighted by molar-refractivity contribution is 5.56. The second kappa shape index (κ2) is 7.20. The van der Waals surface area contributed by atoms with Crippen LogP contribution in [0.2, 0.25) is 0 Å². The van der Waals surface area contributed by atoms with Crippen molar-refractivity contribution in [3.8, 4) is 5.75 Å². The van der Waals surface area contributed by atoms with Gasteiger partial charge in [0.1, 0.15) is 0 Å². The number of nitrogens with zero attached hydrogens (tertiary/aromatic N) is 5. The van der Waals surface area contributed by atoms with Gasteiger partial charge in [-0.1, -0.05) is 5.16 Å². The number of hydrogen-bond donors (Lipinski definition) is 1. The molecule has 3 aromatic heterocycles. The molecular weight excluding hydrogens is 439 g/mol. The SMILES string of the molecule is Cc1cc(N2C[C@H]3C[C@@H](C2)C3Nc2nc3c(OCC(F)(F)C(F)(F)F)cccn3n2)on1. The number of alkyl halides is 5. The van der Waals surface area contributed by atoms with Crippen LogP contribution in [0.1, 0.15) is 12.1 Å². The molecule has 13 heteroatoms. The number of rotatable bonds is 6. The van der Waals surface area contributed by atoms with Gasteiger partial charge in [0.05, 0.1) is 5.69 Å². The van der Waals surface area contributed by atoms with Gasteiger partial charge in [-0.3, -0.25) is 0 Å². The summed E-state index contributed by atoms with van der Waals surface area (Å²) in [5.74, 6) is -3.54. The van der Waals surface area contributed by atoms with Crippen LogP contribution in [0.3, 0.4) is 0 Å². The number of ether oxygens (including phenoxy) is 1. The van der Waals surface area contributed by atoms with E-state index in [9.17, 15) is 22.0 Å². The predicted molar refractivity (Wildman–Crippen MR) is 102 cm³/mol. The molecule has 2 aliphatic heterocycles. The van der Waals surface area contributed by atoms with Crippen molar-refractivity contribution in [2.45, 2.75) is 31.5 Å². The van der Waals surface area contributed by atoms with Crippen LogP contribution in [-0.4, -0.2) is 57.6 Å². The number of hydrogen-bond acceptors (Lipinski definition) is 7. The minimum absolute atomic E-state index is 0.0521. The van der Waals surface area contributed by atoms with Gasteiger partial charge >= 0.3 is 12.1 Å². The summed E-state index contributed by atoms with van der Waals surface area (Å²) >= 11 is 0. The van der Waals surface area contributed by atoms with E-state index >= 15 is 0 Å². The summed E-state index contributed by atoms with van der Waals surface area (Å²) in [7, 11) is 0. The van der Waals surface area contributed by atoms with Gasteiger partial charge in [0, 0.05) is 31.4 Å². The fourth-order valence-electron chi connectivity index (χ4n) is 4.26. The van der Waals surface area contributed by atoms with E-state index in [1.807, 2.05) is 13.0 Å². The quantitative estimate of drug-likeness (QED) is 0.566. The molecule has 3 aromatic rings. The molecule has 172 valence electrons. The van der Waals surface area contributed by atoms with Crippen molar-refractivity contribution in [1.29, 1.82) is 0 Å². The molecule has 32 heavy (non-hydrogen) atoms. The second-order valence-electron chi connectivity index (χ2n) is 8.20. The first-order valence-corrected chi connectivity index (χ1v) is 9.98. The summed E-state index contributed by atoms with van der Waals surface area (Å²) in [5, 5.41) is 11.4. The molecule has 1 saturated carbocycles. The monoisotopic (exact) mass is 458 g/mol. The number of aryl methyl sites for hydroxylation is 1. The number of piperidine rings is 2. The zero-order valence-electron chi connectivity index (χ0n) is 16.8. The van der Waals surface area contributed by atoms with Crippen molar-refractivity contribution >= 4 is 17.5 Å². The lowest BCUT2D eigenvalue weighted by Gasteiger charge is -2.53. The van der Waals surface area contributed by atoms with Crippen LogP contribution < -0.4 is 15.0 Å². The molecule has 0 radical (unpaired) electrons. The maximum Gasteiger partial charge on any atom is 0.456 e. The molecule has 6 rings (SSSR count). The number of halogens is 5. The first-order chi connectivity index (χ1) is 15.1. The van der Waals surface area contributed by atoms with Crippen LogP contribution in [0.25, 0.3) is 5.65 Å². The van der Waals surface area contributed by atoms with Crippen LogP contribution in [0, 0.1) is 18.8 Å². The summed E-state index contributed by atoms with van der Waals surface area (Å²) in [4.78, 5) is 6.39. The van der Waals surface area contributed by atoms with E-state index in [0.717, 1.165) is 31.1 Å². The van der Waals surface area contributed by atoms with E-state index in [2.05, 4.69) is 25.5 Å². The summed E-state index contributed by atoms with van der Waals surface area (Å²) in [6.45, 7) is 1.57. The van der Waals surface area contributed by atoms with Crippen molar-refractivity contribution in [3.05, 3.63) is 30.1 Å². The molecule has 3 fully saturated rings. The molecule has 2 bridgehead atoms. The third kappa shape index (κ3) is 3.58. The van der Waals surface area contributed by atoms with Crippen molar-refractivity contribution in [2.24, 2.45) is 11.8 Å². The predicted octanol–water partition coefficient (Wildman–Crippen LogP) is 3.54. The molecular formula is C19H19F5N6O2.